The Morgan fingerprint density at radius 1 is 0.872 bits per heavy atom. The first kappa shape index (κ1) is 27.1. The Bertz CT molecular complexity index is 1400. The number of nitrogens with one attached hydrogen (secondary N) is 2. The number of nitrogens with zero attached hydrogens (tertiary/aromatic N) is 1. The summed E-state index contributed by atoms with van der Waals surface area (Å²) in [6.07, 6.45) is 1.37. The molecule has 0 radical (unpaired) electrons. The van der Waals surface area contributed by atoms with Gasteiger partial charge in [-0.2, -0.15) is 5.10 Å². The molecule has 0 saturated heterocycles. The van der Waals surface area contributed by atoms with Crippen LogP contribution in [-0.4, -0.2) is 36.9 Å². The normalized spacial score (nSPS) is 11.2. The molecule has 3 N–H and O–H groups in total. The van der Waals surface area contributed by atoms with Crippen molar-refractivity contribution in [1.29, 1.82) is 0 Å². The summed E-state index contributed by atoms with van der Waals surface area (Å²) in [7, 11) is 1.48. The minimum absolute atomic E-state index is 0.275. The number of benzene rings is 4. The Balaban J connectivity index is 1.51. The zero-order valence-corrected chi connectivity index (χ0v) is 21.6. The highest BCUT2D eigenvalue weighted by molar-refractivity contribution is 5.93. The van der Waals surface area contributed by atoms with E-state index in [2.05, 4.69) is 15.8 Å². The van der Waals surface area contributed by atoms with E-state index in [-0.39, 0.29) is 18.3 Å². The van der Waals surface area contributed by atoms with Crippen LogP contribution in [0.15, 0.2) is 108 Å². The number of hydrogen-bond donors (Lipinski definition) is 3. The van der Waals surface area contributed by atoms with Crippen molar-refractivity contribution in [2.75, 3.05) is 19.0 Å². The number of ether oxygens (including phenoxy) is 2. The maximum atomic E-state index is 13.3. The Morgan fingerprint density at radius 2 is 1.49 bits per heavy atom. The number of hydrogen-bond acceptors (Lipinski definition) is 6. The maximum Gasteiger partial charge on any atom is 0.281 e. The summed E-state index contributed by atoms with van der Waals surface area (Å²) in [5.41, 5.74) is 3.46. The van der Waals surface area contributed by atoms with Gasteiger partial charge in [0.2, 0.25) is 0 Å². The van der Waals surface area contributed by atoms with Crippen molar-refractivity contribution in [1.82, 2.24) is 5.43 Å². The van der Waals surface area contributed by atoms with E-state index < -0.39 is 11.5 Å². The summed E-state index contributed by atoms with van der Waals surface area (Å²) in [5, 5.41) is 18.4. The molecule has 39 heavy (non-hydrogen) atoms. The van der Waals surface area contributed by atoms with Gasteiger partial charge in [-0.25, -0.2) is 5.43 Å². The number of amides is 2. The van der Waals surface area contributed by atoms with Gasteiger partial charge in [-0.3, -0.25) is 9.59 Å². The highest BCUT2D eigenvalue weighted by Gasteiger charge is 2.39. The Kier molecular flexibility index (Phi) is 8.71. The molecule has 4 aromatic carbocycles. The van der Waals surface area contributed by atoms with E-state index in [1.165, 1.54) is 13.3 Å². The monoisotopic (exact) mass is 523 g/mol. The molecule has 0 atom stereocenters. The summed E-state index contributed by atoms with van der Waals surface area (Å²) in [5.74, 6) is -0.423. The van der Waals surface area contributed by atoms with Crippen LogP contribution < -0.4 is 20.2 Å². The molecule has 0 spiro atoms. The molecule has 8 heteroatoms. The number of rotatable bonds is 10. The van der Waals surface area contributed by atoms with Crippen molar-refractivity contribution in [3.63, 3.8) is 0 Å². The Morgan fingerprint density at radius 3 is 2.08 bits per heavy atom. The molecule has 0 aromatic heterocycles. The van der Waals surface area contributed by atoms with Crippen molar-refractivity contribution in [2.45, 2.75) is 12.5 Å². The van der Waals surface area contributed by atoms with E-state index in [0.717, 1.165) is 5.56 Å². The first-order valence-corrected chi connectivity index (χ1v) is 12.2. The molecule has 0 heterocycles. The lowest BCUT2D eigenvalue weighted by atomic mass is 9.85. The number of aryl methyl sites for hydroxylation is 1. The van der Waals surface area contributed by atoms with E-state index in [9.17, 15) is 14.7 Å². The van der Waals surface area contributed by atoms with Crippen LogP contribution in [0.25, 0.3) is 0 Å². The van der Waals surface area contributed by atoms with Crippen molar-refractivity contribution >= 4 is 23.7 Å². The number of carbonyl (C=O) groups is 2. The molecule has 4 aromatic rings. The minimum Gasteiger partial charge on any atom is -0.493 e. The largest absolute Gasteiger partial charge is 0.493 e. The van der Waals surface area contributed by atoms with E-state index in [4.69, 9.17) is 9.47 Å². The summed E-state index contributed by atoms with van der Waals surface area (Å²) in [6, 6.07) is 29.8. The predicted octanol–water partition coefficient (Wildman–Crippen LogP) is 4.41. The van der Waals surface area contributed by atoms with Crippen LogP contribution in [-0.2, 0) is 15.2 Å². The first-order valence-electron chi connectivity index (χ1n) is 12.2. The van der Waals surface area contributed by atoms with Crippen molar-refractivity contribution in [3.8, 4) is 11.5 Å². The van der Waals surface area contributed by atoms with E-state index >= 15 is 0 Å². The number of methoxy groups -OCH3 is 1. The van der Waals surface area contributed by atoms with E-state index in [0.29, 0.717) is 28.1 Å². The fourth-order valence-corrected chi connectivity index (χ4v) is 3.95. The predicted molar refractivity (Wildman–Crippen MR) is 150 cm³/mol. The molecule has 0 saturated carbocycles. The minimum atomic E-state index is -1.97. The molecule has 8 nitrogen and oxygen atoms in total. The van der Waals surface area contributed by atoms with Gasteiger partial charge in [0.05, 0.1) is 13.3 Å². The maximum absolute atomic E-state index is 13.3. The molecular formula is C31H29N3O5. The third-order valence-electron chi connectivity index (χ3n) is 5.99. The lowest BCUT2D eigenvalue weighted by Gasteiger charge is -2.27. The van der Waals surface area contributed by atoms with Gasteiger partial charge in [0, 0.05) is 11.3 Å². The van der Waals surface area contributed by atoms with Crippen LogP contribution >= 0.6 is 0 Å². The van der Waals surface area contributed by atoms with Crippen LogP contribution in [0.3, 0.4) is 0 Å². The van der Waals surface area contributed by atoms with Crippen LogP contribution in [0, 0.1) is 6.92 Å². The second-order valence-corrected chi connectivity index (χ2v) is 8.72. The standard InChI is InChI=1S/C31H29N3O5/c1-22-16-18-26(19-17-22)33-28(35)21-39-29-23(10-9-15-27(29)38-2)20-32-34-30(36)31(37,24-11-5-3-6-12-24)25-13-7-4-8-14-25/h3-20,37H,21H2,1-2H3,(H,33,35)(H,34,36)/b32-20-. The van der Waals surface area contributed by atoms with Gasteiger partial charge < -0.3 is 19.9 Å². The van der Waals surface area contributed by atoms with Gasteiger partial charge in [-0.15, -0.1) is 0 Å². The number of hydrazone groups is 1. The Labute approximate surface area is 226 Å². The average Bonchev–Trinajstić information content (AvgIpc) is 2.97. The van der Waals surface area contributed by atoms with Gasteiger partial charge in [0.1, 0.15) is 0 Å². The SMILES string of the molecule is COc1cccc(/C=N\NC(=O)C(O)(c2ccccc2)c2ccccc2)c1OCC(=O)Nc1ccc(C)cc1. The quantitative estimate of drug-likeness (QED) is 0.211. The molecule has 4 rings (SSSR count). The van der Waals surface area contributed by atoms with E-state index in [1.54, 1.807) is 78.9 Å². The van der Waals surface area contributed by atoms with Crippen molar-refractivity contribution in [2.24, 2.45) is 5.10 Å². The molecule has 0 fully saturated rings. The highest BCUT2D eigenvalue weighted by Crippen LogP contribution is 2.31. The van der Waals surface area contributed by atoms with Crippen LogP contribution in [0.2, 0.25) is 0 Å². The summed E-state index contributed by atoms with van der Waals surface area (Å²) in [4.78, 5) is 25.8. The summed E-state index contributed by atoms with van der Waals surface area (Å²) < 4.78 is 11.2. The van der Waals surface area contributed by atoms with Gasteiger partial charge >= 0.3 is 0 Å². The summed E-state index contributed by atoms with van der Waals surface area (Å²) >= 11 is 0. The lowest BCUT2D eigenvalue weighted by molar-refractivity contribution is -0.136. The highest BCUT2D eigenvalue weighted by atomic mass is 16.5. The molecule has 0 aliphatic rings. The third kappa shape index (κ3) is 6.49. The fraction of sp³-hybridized carbons (Fsp3) is 0.129. The topological polar surface area (TPSA) is 109 Å². The number of anilines is 1. The zero-order valence-electron chi connectivity index (χ0n) is 21.6. The van der Waals surface area contributed by atoms with Gasteiger partial charge in [0.25, 0.3) is 11.8 Å². The number of para-hydroxylation sites is 1. The van der Waals surface area contributed by atoms with Gasteiger partial charge in [0.15, 0.2) is 23.7 Å². The van der Waals surface area contributed by atoms with Gasteiger partial charge in [-0.05, 0) is 42.3 Å². The molecule has 2 amide bonds. The van der Waals surface area contributed by atoms with Crippen molar-refractivity contribution in [3.05, 3.63) is 125 Å². The van der Waals surface area contributed by atoms with Gasteiger partial charge in [-0.1, -0.05) is 84.4 Å². The average molecular weight is 524 g/mol. The summed E-state index contributed by atoms with van der Waals surface area (Å²) in [6.45, 7) is 1.69. The van der Waals surface area contributed by atoms with Crippen LogP contribution in [0.1, 0.15) is 22.3 Å². The lowest BCUT2D eigenvalue weighted by Crippen LogP contribution is -2.43. The molecule has 0 bridgehead atoms. The zero-order chi connectivity index (χ0) is 27.7. The first-order chi connectivity index (χ1) is 18.9. The number of aliphatic hydroxyl groups is 1. The third-order valence-corrected chi connectivity index (χ3v) is 5.99. The second kappa shape index (κ2) is 12.5. The van der Waals surface area contributed by atoms with Crippen LogP contribution in [0.4, 0.5) is 5.69 Å². The molecular weight excluding hydrogens is 494 g/mol. The molecule has 198 valence electrons. The fourth-order valence-electron chi connectivity index (χ4n) is 3.95. The molecule has 0 aliphatic carbocycles. The Hall–Kier alpha value is -4.95. The smallest absolute Gasteiger partial charge is 0.281 e. The molecule has 0 aliphatic heterocycles. The number of carbonyl (C=O) groups excluding carboxylic acids is 2. The van der Waals surface area contributed by atoms with E-state index in [1.807, 2.05) is 31.2 Å². The van der Waals surface area contributed by atoms with Crippen molar-refractivity contribution < 1.29 is 24.2 Å². The second-order valence-electron chi connectivity index (χ2n) is 8.72. The molecule has 0 unspecified atom stereocenters. The van der Waals surface area contributed by atoms with Crippen LogP contribution in [0.5, 0.6) is 11.5 Å².